The Morgan fingerprint density at radius 1 is 1.03 bits per heavy atom. The van der Waals surface area contributed by atoms with E-state index in [0.29, 0.717) is 40.3 Å². The van der Waals surface area contributed by atoms with Crippen molar-refractivity contribution >= 4 is 94.0 Å². The van der Waals surface area contributed by atoms with Crippen LogP contribution in [0.1, 0.15) is 54.9 Å². The SMILES string of the molecule is CCOC(=O)/C(Cl)=C/c1cc(N2C(=O)C3=C(CCCC3)C2=O)ccc1Cl.COc1cc(OC)nc(NC(=O)NS(=O)(=O)c2ncccc2C(=O)N(C)C)n1.CP(=O)(O)CCC(N)C(=O)O. The van der Waals surface area contributed by atoms with Gasteiger partial charge in [-0.25, -0.2) is 24.2 Å². The summed E-state index contributed by atoms with van der Waals surface area (Å²) in [6.07, 6.45) is 5.64. The van der Waals surface area contributed by atoms with Crippen molar-refractivity contribution in [2.24, 2.45) is 5.73 Å². The second-order valence-electron chi connectivity index (χ2n) is 13.9. The first-order valence-electron chi connectivity index (χ1n) is 19.1. The van der Waals surface area contributed by atoms with E-state index in [2.05, 4.69) is 20.3 Å². The molecule has 26 heteroatoms. The van der Waals surface area contributed by atoms with Crippen molar-refractivity contribution in [3.8, 4) is 11.8 Å². The van der Waals surface area contributed by atoms with Gasteiger partial charge in [0, 0.05) is 49.3 Å². The molecule has 2 atom stereocenters. The molecule has 2 aliphatic rings. The van der Waals surface area contributed by atoms with E-state index >= 15 is 0 Å². The number of carboxylic acid groups (broad SMARTS) is 1. The van der Waals surface area contributed by atoms with Crippen LogP contribution in [0.25, 0.3) is 6.08 Å². The van der Waals surface area contributed by atoms with Gasteiger partial charge in [0.1, 0.15) is 11.1 Å². The number of hydrogen-bond donors (Lipinski definition) is 5. The highest BCUT2D eigenvalue weighted by atomic mass is 35.5. The molecular weight excluding hydrogens is 938 g/mol. The zero-order valence-corrected chi connectivity index (χ0v) is 39.1. The molecule has 2 unspecified atom stereocenters. The third-order valence-electron chi connectivity index (χ3n) is 8.77. The summed E-state index contributed by atoms with van der Waals surface area (Å²) in [7, 11) is -1.95. The number of halogens is 2. The van der Waals surface area contributed by atoms with Crippen molar-refractivity contribution in [1.82, 2.24) is 24.6 Å². The molecular formula is C39H47Cl2N8O14PS. The number of carbonyl (C=O) groups excluding carboxylic acids is 5. The molecule has 0 spiro atoms. The minimum absolute atomic E-state index is 0.0412. The van der Waals surface area contributed by atoms with Crippen LogP contribution in [0.5, 0.6) is 11.8 Å². The summed E-state index contributed by atoms with van der Waals surface area (Å²) in [5.41, 5.74) is 6.95. The van der Waals surface area contributed by atoms with Crippen LogP contribution < -0.4 is 30.1 Å². The van der Waals surface area contributed by atoms with Crippen molar-refractivity contribution in [1.29, 1.82) is 0 Å². The van der Waals surface area contributed by atoms with Crippen LogP contribution in [0.4, 0.5) is 16.4 Å². The van der Waals surface area contributed by atoms with Gasteiger partial charge in [-0.2, -0.15) is 18.4 Å². The third kappa shape index (κ3) is 15.3. The lowest BCUT2D eigenvalue weighted by atomic mass is 9.93. The predicted octanol–water partition coefficient (Wildman–Crippen LogP) is 4.02. The van der Waals surface area contributed by atoms with E-state index < -0.39 is 52.3 Å². The molecule has 0 bridgehead atoms. The lowest BCUT2D eigenvalue weighted by Crippen LogP contribution is -2.36. The molecule has 0 saturated heterocycles. The molecule has 0 fully saturated rings. The molecule has 65 heavy (non-hydrogen) atoms. The van der Waals surface area contributed by atoms with Crippen molar-refractivity contribution in [2.45, 2.75) is 50.1 Å². The standard InChI is InChI=1S/C19H17Cl2NO4.C15H18N6O6S.C5H12NO4P/c1-2-26-19(25)16(21)10-11-9-12(7-8-15(11)20)22-17(23)13-5-3-4-6-14(13)18(22)24;1-21(2)13(22)9-6-5-7-16-12(9)28(24,25)20-15(23)19-14-17-10(26-3)8-11(18-14)27-4;1-11(9,10)3-2-4(6)5(7)8/h7-10H,2-6H2,1H3;5-8H,1-4H3,(H2,17,18,19,20,23);4H,2-3,6H2,1H3,(H,7,8)(H,9,10)/b16-10-;;. The smallest absolute Gasteiger partial charge is 0.349 e. The summed E-state index contributed by atoms with van der Waals surface area (Å²) < 4.78 is 52.2. The van der Waals surface area contributed by atoms with Crippen LogP contribution in [0.15, 0.2) is 63.8 Å². The number of urea groups is 1. The van der Waals surface area contributed by atoms with Gasteiger partial charge >= 0.3 is 18.0 Å². The number of anilines is 2. The van der Waals surface area contributed by atoms with Gasteiger partial charge in [0.25, 0.3) is 27.7 Å². The Morgan fingerprint density at radius 2 is 1.62 bits per heavy atom. The quantitative estimate of drug-likeness (QED) is 0.0659. The number of hydrogen-bond acceptors (Lipinski definition) is 16. The van der Waals surface area contributed by atoms with E-state index in [1.807, 2.05) is 0 Å². The van der Waals surface area contributed by atoms with Crippen LogP contribution in [-0.2, 0) is 38.5 Å². The molecule has 6 N–H and O–H groups in total. The first-order valence-corrected chi connectivity index (χ1v) is 23.7. The number of benzene rings is 1. The highest BCUT2D eigenvalue weighted by Crippen LogP contribution is 2.37. The molecule has 5 amide bonds. The Bertz CT molecular complexity index is 2480. The monoisotopic (exact) mass is 984 g/mol. The minimum Gasteiger partial charge on any atom is -0.481 e. The number of aliphatic carboxylic acids is 1. The Morgan fingerprint density at radius 3 is 2.12 bits per heavy atom. The average molecular weight is 986 g/mol. The number of imide groups is 1. The second kappa shape index (κ2) is 23.8. The van der Waals surface area contributed by atoms with E-state index in [4.69, 9.17) is 53.1 Å². The fourth-order valence-electron chi connectivity index (χ4n) is 5.63. The van der Waals surface area contributed by atoms with Crippen molar-refractivity contribution in [2.75, 3.05) is 58.0 Å². The Hall–Kier alpha value is -5.97. The summed E-state index contributed by atoms with van der Waals surface area (Å²) in [5, 5.41) is 10.1. The third-order valence-corrected chi connectivity index (χ3v) is 11.7. The molecule has 5 rings (SSSR count). The summed E-state index contributed by atoms with van der Waals surface area (Å²) >= 11 is 12.1. The summed E-state index contributed by atoms with van der Waals surface area (Å²) in [6, 6.07) is 6.61. The van der Waals surface area contributed by atoms with Gasteiger partial charge in [-0.1, -0.05) is 23.2 Å². The van der Waals surface area contributed by atoms with Gasteiger partial charge in [0.15, 0.2) is 12.4 Å². The van der Waals surface area contributed by atoms with E-state index in [1.54, 1.807) is 29.8 Å². The lowest BCUT2D eigenvalue weighted by Gasteiger charge is -2.16. The molecule has 352 valence electrons. The highest BCUT2D eigenvalue weighted by molar-refractivity contribution is 7.90. The number of esters is 1. The lowest BCUT2D eigenvalue weighted by molar-refractivity contribution is -0.139. The topological polar surface area (TPSA) is 317 Å². The first kappa shape index (κ1) is 53.4. The first-order chi connectivity index (χ1) is 30.4. The number of carboxylic acids is 1. The Labute approximate surface area is 383 Å². The summed E-state index contributed by atoms with van der Waals surface area (Å²) in [5.74, 6) is -3.03. The number of carbonyl (C=O) groups is 6. The van der Waals surface area contributed by atoms with E-state index in [1.165, 1.54) is 75.3 Å². The van der Waals surface area contributed by atoms with Crippen molar-refractivity contribution in [3.63, 3.8) is 0 Å². The van der Waals surface area contributed by atoms with Gasteiger partial charge in [0.2, 0.25) is 17.7 Å². The highest BCUT2D eigenvalue weighted by Gasteiger charge is 2.40. The maximum Gasteiger partial charge on any atom is 0.349 e. The molecule has 0 radical (unpaired) electrons. The van der Waals surface area contributed by atoms with Crippen LogP contribution in [-0.4, -0.2) is 128 Å². The number of amides is 5. The van der Waals surface area contributed by atoms with Crippen molar-refractivity contribution in [3.05, 3.63) is 74.9 Å². The molecule has 2 aromatic heterocycles. The molecule has 3 aromatic rings. The van der Waals surface area contributed by atoms with Gasteiger partial charge in [-0.3, -0.25) is 29.1 Å². The summed E-state index contributed by atoms with van der Waals surface area (Å²) in [6.45, 7) is 3.06. The van der Waals surface area contributed by atoms with Gasteiger partial charge in [0.05, 0.1) is 38.1 Å². The maximum atomic E-state index is 12.7. The Balaban J connectivity index is 0.000000283. The fourth-order valence-corrected chi connectivity index (χ4v) is 7.77. The van der Waals surface area contributed by atoms with Gasteiger partial charge < -0.3 is 34.8 Å². The van der Waals surface area contributed by atoms with E-state index in [9.17, 15) is 41.8 Å². The number of nitrogens with two attached hydrogens (primary N) is 1. The summed E-state index contributed by atoms with van der Waals surface area (Å²) in [4.78, 5) is 94.0. The number of sulfonamides is 1. The van der Waals surface area contributed by atoms with Gasteiger partial charge in [-0.15, -0.1) is 0 Å². The molecule has 1 aliphatic carbocycles. The van der Waals surface area contributed by atoms with E-state index in [-0.39, 0.29) is 59.3 Å². The Kier molecular flexibility index (Phi) is 19.6. The minimum atomic E-state index is -4.46. The number of rotatable bonds is 14. The van der Waals surface area contributed by atoms with Gasteiger partial charge in [-0.05, 0) is 81.0 Å². The van der Waals surface area contributed by atoms with Crippen molar-refractivity contribution < 1.29 is 66.0 Å². The largest absolute Gasteiger partial charge is 0.481 e. The molecule has 22 nitrogen and oxygen atoms in total. The second-order valence-corrected chi connectivity index (χ2v) is 18.9. The molecule has 1 aliphatic heterocycles. The number of nitrogens with zero attached hydrogens (tertiary/aromatic N) is 5. The fraction of sp³-hybridized carbons (Fsp3) is 0.359. The van der Waals surface area contributed by atoms with Crippen LogP contribution in [0, 0.1) is 0 Å². The predicted molar refractivity (Wildman–Crippen MR) is 237 cm³/mol. The zero-order valence-electron chi connectivity index (χ0n) is 35.9. The van der Waals surface area contributed by atoms with Crippen LogP contribution in [0.2, 0.25) is 5.02 Å². The zero-order chi connectivity index (χ0) is 48.8. The van der Waals surface area contributed by atoms with Crippen LogP contribution in [0.3, 0.4) is 0 Å². The number of nitrogens with one attached hydrogen (secondary N) is 2. The number of methoxy groups -OCH3 is 2. The normalized spacial score (nSPS) is 14.9. The number of pyridine rings is 1. The molecule has 0 saturated carbocycles. The van der Waals surface area contributed by atoms with Crippen LogP contribution >= 0.6 is 30.6 Å². The molecule has 3 heterocycles. The molecule has 1 aromatic carbocycles. The maximum absolute atomic E-state index is 12.7. The van der Waals surface area contributed by atoms with E-state index in [0.717, 1.165) is 12.8 Å². The average Bonchev–Trinajstić information content (AvgIpc) is 3.51. The number of ether oxygens (including phenoxy) is 3. The number of aromatic nitrogens is 3.